The first-order chi connectivity index (χ1) is 11.5. The molecule has 0 aromatic heterocycles. The molecule has 1 aromatic rings. The van der Waals surface area contributed by atoms with Crippen molar-refractivity contribution in [2.45, 2.75) is 31.9 Å². The Morgan fingerprint density at radius 3 is 2.72 bits per heavy atom. The van der Waals surface area contributed by atoms with Crippen molar-refractivity contribution in [3.05, 3.63) is 29.8 Å². The molecule has 1 heterocycles. The number of carbonyl (C=O) groups is 2. The summed E-state index contributed by atoms with van der Waals surface area (Å²) >= 11 is 0. The van der Waals surface area contributed by atoms with E-state index in [0.29, 0.717) is 0 Å². The minimum atomic E-state index is -4.55. The van der Waals surface area contributed by atoms with E-state index in [4.69, 9.17) is 15.9 Å². The molecule has 1 aromatic carbocycles. The minimum Gasteiger partial charge on any atom is -0.410 e. The lowest BCUT2D eigenvalue weighted by atomic mass is 10.1. The molecular formula is C16H15F3N2O4. The third-order valence-electron chi connectivity index (χ3n) is 3.30. The number of anilines is 1. The summed E-state index contributed by atoms with van der Waals surface area (Å²) in [6, 6.07) is 4.18. The normalized spacial score (nSPS) is 18.0. The number of nitrogens with one attached hydrogen (secondary N) is 1. The predicted molar refractivity (Wildman–Crippen MR) is 81.2 cm³/mol. The zero-order valence-corrected chi connectivity index (χ0v) is 13.4. The molecule has 0 radical (unpaired) electrons. The molecule has 1 aliphatic rings. The smallest absolute Gasteiger partial charge is 0.410 e. The van der Waals surface area contributed by atoms with Crippen molar-refractivity contribution in [2.75, 3.05) is 11.6 Å². The van der Waals surface area contributed by atoms with Crippen molar-refractivity contribution in [1.82, 2.24) is 5.32 Å². The van der Waals surface area contributed by atoms with Gasteiger partial charge < -0.3 is 14.8 Å². The van der Waals surface area contributed by atoms with Gasteiger partial charge in [-0.3, -0.25) is 9.69 Å². The Hall–Kier alpha value is -2.73. The van der Waals surface area contributed by atoms with Gasteiger partial charge >= 0.3 is 12.3 Å². The van der Waals surface area contributed by atoms with Gasteiger partial charge in [-0.1, -0.05) is 12.0 Å². The van der Waals surface area contributed by atoms with Crippen LogP contribution in [0.15, 0.2) is 24.3 Å². The monoisotopic (exact) mass is 356 g/mol. The number of hydrogen-bond donors (Lipinski definition) is 1. The van der Waals surface area contributed by atoms with Crippen LogP contribution < -0.4 is 10.2 Å². The van der Waals surface area contributed by atoms with E-state index in [-0.39, 0.29) is 12.4 Å². The van der Waals surface area contributed by atoms with Crippen LogP contribution in [0.5, 0.6) is 0 Å². The number of alkyl carbamates (subject to hydrolysis) is 1. The summed E-state index contributed by atoms with van der Waals surface area (Å²) < 4.78 is 48.2. The van der Waals surface area contributed by atoms with Crippen LogP contribution in [-0.4, -0.2) is 30.6 Å². The number of nitrogens with zero attached hydrogens (tertiary/aromatic N) is 1. The number of halogens is 3. The summed E-state index contributed by atoms with van der Waals surface area (Å²) in [5, 5.41) is 2.34. The van der Waals surface area contributed by atoms with Gasteiger partial charge in [0, 0.05) is 5.69 Å². The van der Waals surface area contributed by atoms with E-state index in [9.17, 15) is 22.8 Å². The molecule has 1 fully saturated rings. The van der Waals surface area contributed by atoms with E-state index >= 15 is 0 Å². The molecule has 1 unspecified atom stereocenters. The molecule has 2 amide bonds. The number of hydrogen-bond acceptors (Lipinski definition) is 4. The largest absolute Gasteiger partial charge is 0.416 e. The fraction of sp³-hybridized carbons (Fsp3) is 0.375. The summed E-state index contributed by atoms with van der Waals surface area (Å²) in [6.07, 6.45) is -1.87. The zero-order chi connectivity index (χ0) is 18.8. The van der Waals surface area contributed by atoms with Crippen LogP contribution in [0.25, 0.3) is 0 Å². The van der Waals surface area contributed by atoms with Gasteiger partial charge in [0.05, 0.1) is 11.1 Å². The van der Waals surface area contributed by atoms with Crippen molar-refractivity contribution >= 4 is 17.7 Å². The standard InChI is InChI=1S/C16H15F3N2O4/c1-4-15(2,3)20-14(23)25-13-12(22)21(9-24-13)11-7-5-6-10(8-11)16(17,18)19/h1,5-8,13H,9H2,2-3H3,(H,20,23). The molecule has 0 bridgehead atoms. The van der Waals surface area contributed by atoms with Crippen molar-refractivity contribution in [2.24, 2.45) is 0 Å². The average molecular weight is 356 g/mol. The summed E-state index contributed by atoms with van der Waals surface area (Å²) in [5.41, 5.74) is -1.93. The van der Waals surface area contributed by atoms with E-state index in [2.05, 4.69) is 11.2 Å². The van der Waals surface area contributed by atoms with Crippen LogP contribution in [-0.2, 0) is 20.4 Å². The van der Waals surface area contributed by atoms with Gasteiger partial charge in [-0.15, -0.1) is 6.42 Å². The van der Waals surface area contributed by atoms with Crippen molar-refractivity contribution in [3.63, 3.8) is 0 Å². The molecule has 0 aliphatic carbocycles. The highest BCUT2D eigenvalue weighted by atomic mass is 19.4. The maximum Gasteiger partial charge on any atom is 0.416 e. The molecule has 1 saturated heterocycles. The average Bonchev–Trinajstić information content (AvgIpc) is 2.87. The maximum atomic E-state index is 12.8. The van der Waals surface area contributed by atoms with E-state index in [1.54, 1.807) is 13.8 Å². The highest BCUT2D eigenvalue weighted by Gasteiger charge is 2.38. The first-order valence-corrected chi connectivity index (χ1v) is 7.10. The Labute approximate surface area is 141 Å². The predicted octanol–water partition coefficient (Wildman–Crippen LogP) is 2.49. The molecule has 0 saturated carbocycles. The first kappa shape index (κ1) is 18.6. The number of amides is 2. The van der Waals surface area contributed by atoms with E-state index < -0.39 is 35.6 Å². The summed E-state index contributed by atoms with van der Waals surface area (Å²) in [6.45, 7) is 2.73. The fourth-order valence-corrected chi connectivity index (χ4v) is 1.96. The highest BCUT2D eigenvalue weighted by Crippen LogP contribution is 2.32. The molecule has 1 N–H and O–H groups in total. The molecule has 0 spiro atoms. The third kappa shape index (κ3) is 4.42. The molecule has 1 atom stereocenters. The second-order valence-electron chi connectivity index (χ2n) is 5.74. The lowest BCUT2D eigenvalue weighted by Crippen LogP contribution is -2.44. The van der Waals surface area contributed by atoms with Gasteiger partial charge in [0.1, 0.15) is 6.73 Å². The van der Waals surface area contributed by atoms with Crippen LogP contribution in [0.3, 0.4) is 0 Å². The Morgan fingerprint density at radius 1 is 1.44 bits per heavy atom. The number of rotatable bonds is 3. The van der Waals surface area contributed by atoms with Crippen LogP contribution in [0.1, 0.15) is 19.4 Å². The SMILES string of the molecule is C#CC(C)(C)NC(=O)OC1OCN(c2cccc(C(F)(F)F)c2)C1=O. The Kier molecular flexibility index (Phi) is 4.94. The minimum absolute atomic E-state index is 0.0183. The van der Waals surface area contributed by atoms with Gasteiger partial charge in [0.2, 0.25) is 0 Å². The molecule has 2 rings (SSSR count). The van der Waals surface area contributed by atoms with Gasteiger partial charge in [-0.2, -0.15) is 13.2 Å². The Morgan fingerprint density at radius 2 is 2.12 bits per heavy atom. The van der Waals surface area contributed by atoms with Gasteiger partial charge in [0.25, 0.3) is 12.2 Å². The van der Waals surface area contributed by atoms with E-state index in [1.165, 1.54) is 12.1 Å². The van der Waals surface area contributed by atoms with Gasteiger partial charge in [-0.25, -0.2) is 4.79 Å². The molecule has 6 nitrogen and oxygen atoms in total. The zero-order valence-electron chi connectivity index (χ0n) is 13.4. The third-order valence-corrected chi connectivity index (χ3v) is 3.30. The quantitative estimate of drug-likeness (QED) is 0.845. The van der Waals surface area contributed by atoms with E-state index in [1.807, 2.05) is 0 Å². The van der Waals surface area contributed by atoms with Crippen LogP contribution in [0.4, 0.5) is 23.7 Å². The van der Waals surface area contributed by atoms with Gasteiger partial charge in [-0.05, 0) is 32.0 Å². The number of benzene rings is 1. The highest BCUT2D eigenvalue weighted by molar-refractivity contribution is 5.98. The molecule has 134 valence electrons. The first-order valence-electron chi connectivity index (χ1n) is 7.10. The van der Waals surface area contributed by atoms with Crippen molar-refractivity contribution in [3.8, 4) is 12.3 Å². The fourth-order valence-electron chi connectivity index (χ4n) is 1.96. The maximum absolute atomic E-state index is 12.8. The van der Waals surface area contributed by atoms with Crippen LogP contribution >= 0.6 is 0 Å². The van der Waals surface area contributed by atoms with Crippen molar-refractivity contribution < 1.29 is 32.2 Å². The molecule has 9 heteroatoms. The number of carbonyl (C=O) groups excluding carboxylic acids is 2. The number of alkyl halides is 3. The lowest BCUT2D eigenvalue weighted by Gasteiger charge is -2.20. The lowest BCUT2D eigenvalue weighted by molar-refractivity contribution is -0.140. The molecule has 1 aliphatic heterocycles. The number of terminal acetylenes is 1. The second kappa shape index (κ2) is 6.64. The van der Waals surface area contributed by atoms with E-state index in [0.717, 1.165) is 17.0 Å². The summed E-state index contributed by atoms with van der Waals surface area (Å²) in [4.78, 5) is 24.9. The van der Waals surface area contributed by atoms with Crippen LogP contribution in [0.2, 0.25) is 0 Å². The second-order valence-corrected chi connectivity index (χ2v) is 5.74. The van der Waals surface area contributed by atoms with Crippen molar-refractivity contribution in [1.29, 1.82) is 0 Å². The topological polar surface area (TPSA) is 67.9 Å². The van der Waals surface area contributed by atoms with Crippen LogP contribution in [0, 0.1) is 12.3 Å². The molecular weight excluding hydrogens is 341 g/mol. The molecule has 25 heavy (non-hydrogen) atoms. The Bertz CT molecular complexity index is 725. The van der Waals surface area contributed by atoms with Gasteiger partial charge in [0.15, 0.2) is 0 Å². The summed E-state index contributed by atoms with van der Waals surface area (Å²) in [5.74, 6) is 1.51. The summed E-state index contributed by atoms with van der Waals surface area (Å²) in [7, 11) is 0. The number of ether oxygens (including phenoxy) is 2. The Balaban J connectivity index is 2.07.